The van der Waals surface area contributed by atoms with Crippen molar-refractivity contribution in [1.82, 2.24) is 15.0 Å². The second-order valence-electron chi connectivity index (χ2n) is 6.54. The van der Waals surface area contributed by atoms with Gasteiger partial charge in [0.15, 0.2) is 11.6 Å². The summed E-state index contributed by atoms with van der Waals surface area (Å²) in [6, 6.07) is 9.71. The molecule has 0 saturated carbocycles. The van der Waals surface area contributed by atoms with Gasteiger partial charge in [-0.3, -0.25) is 4.98 Å². The number of nitrogen functional groups attached to an aromatic ring is 1. The number of ether oxygens (including phenoxy) is 1. The molecule has 0 amide bonds. The zero-order chi connectivity index (χ0) is 17.2. The first-order chi connectivity index (χ1) is 12.2. The van der Waals surface area contributed by atoms with Crippen LogP contribution in [0, 0.1) is 5.92 Å². The molecule has 1 aromatic carbocycles. The maximum absolute atomic E-state index is 6.34. The van der Waals surface area contributed by atoms with Gasteiger partial charge in [-0.05, 0) is 30.9 Å². The van der Waals surface area contributed by atoms with Gasteiger partial charge in [0.1, 0.15) is 17.5 Å². The van der Waals surface area contributed by atoms with Gasteiger partial charge in [-0.15, -0.1) is 0 Å². The number of aromatic nitrogens is 3. The minimum absolute atomic E-state index is 0.376. The van der Waals surface area contributed by atoms with E-state index in [4.69, 9.17) is 10.5 Å². The van der Waals surface area contributed by atoms with Crippen molar-refractivity contribution in [1.29, 1.82) is 0 Å². The molecule has 128 valence electrons. The molecule has 2 N–H and O–H groups in total. The molecule has 0 spiro atoms. The third-order valence-electron chi connectivity index (χ3n) is 4.59. The Balaban J connectivity index is 1.68. The summed E-state index contributed by atoms with van der Waals surface area (Å²) < 4.78 is 6.02. The van der Waals surface area contributed by atoms with Gasteiger partial charge in [0.05, 0.1) is 0 Å². The fourth-order valence-corrected chi connectivity index (χ4v) is 3.35. The first-order valence-corrected chi connectivity index (χ1v) is 8.59. The fraction of sp³-hybridized carbons (Fsp3) is 0.316. The fourth-order valence-electron chi connectivity index (χ4n) is 3.35. The number of benzene rings is 1. The summed E-state index contributed by atoms with van der Waals surface area (Å²) >= 11 is 0. The van der Waals surface area contributed by atoms with Gasteiger partial charge >= 0.3 is 0 Å². The molecular weight excluding hydrogens is 314 g/mol. The Labute approximate surface area is 146 Å². The van der Waals surface area contributed by atoms with E-state index in [-0.39, 0.29) is 0 Å². The van der Waals surface area contributed by atoms with Crippen molar-refractivity contribution in [2.75, 3.05) is 23.7 Å². The molecule has 1 aliphatic heterocycles. The molecule has 4 rings (SSSR count). The highest BCUT2D eigenvalue weighted by Gasteiger charge is 2.22. The van der Waals surface area contributed by atoms with Crippen LogP contribution in [-0.4, -0.2) is 28.0 Å². The van der Waals surface area contributed by atoms with E-state index < -0.39 is 0 Å². The van der Waals surface area contributed by atoms with E-state index in [1.54, 1.807) is 6.20 Å². The van der Waals surface area contributed by atoms with E-state index in [1.807, 2.05) is 30.3 Å². The van der Waals surface area contributed by atoms with Crippen molar-refractivity contribution in [3.63, 3.8) is 0 Å². The summed E-state index contributed by atoms with van der Waals surface area (Å²) in [7, 11) is 0. The van der Waals surface area contributed by atoms with Gasteiger partial charge < -0.3 is 15.4 Å². The van der Waals surface area contributed by atoms with Gasteiger partial charge in [0.2, 0.25) is 5.88 Å². The summed E-state index contributed by atoms with van der Waals surface area (Å²) in [5.74, 6) is 2.40. The summed E-state index contributed by atoms with van der Waals surface area (Å²) in [4.78, 5) is 15.3. The van der Waals surface area contributed by atoms with Crippen LogP contribution in [0.2, 0.25) is 0 Å². The molecule has 0 radical (unpaired) electrons. The van der Waals surface area contributed by atoms with Crippen molar-refractivity contribution in [2.24, 2.45) is 5.92 Å². The van der Waals surface area contributed by atoms with E-state index in [0.29, 0.717) is 23.2 Å². The number of nitrogens with zero attached hydrogens (tertiary/aromatic N) is 4. The van der Waals surface area contributed by atoms with E-state index in [2.05, 4.69) is 26.8 Å². The smallest absolute Gasteiger partial charge is 0.248 e. The van der Waals surface area contributed by atoms with E-state index >= 15 is 0 Å². The van der Waals surface area contributed by atoms with Crippen molar-refractivity contribution in [2.45, 2.75) is 19.8 Å². The topological polar surface area (TPSA) is 77.2 Å². The number of hydrogen-bond donors (Lipinski definition) is 1. The van der Waals surface area contributed by atoms with Gasteiger partial charge in [0.25, 0.3) is 0 Å². The third-order valence-corrected chi connectivity index (χ3v) is 4.59. The Bertz CT molecular complexity index is 893. The molecule has 2 aromatic heterocycles. The molecule has 25 heavy (non-hydrogen) atoms. The number of anilines is 2. The molecule has 0 unspecified atom stereocenters. The predicted molar refractivity (Wildman–Crippen MR) is 98.9 cm³/mol. The lowest BCUT2D eigenvalue weighted by Gasteiger charge is -2.32. The molecule has 0 bridgehead atoms. The maximum atomic E-state index is 6.34. The number of rotatable bonds is 3. The van der Waals surface area contributed by atoms with Crippen LogP contribution in [0.25, 0.3) is 10.9 Å². The number of nitrogens with two attached hydrogens (primary N) is 1. The third kappa shape index (κ3) is 3.07. The number of piperidine rings is 1. The van der Waals surface area contributed by atoms with Crippen LogP contribution in [0.15, 0.2) is 42.9 Å². The number of fused-ring (bicyclic) bond motifs is 1. The standard InChI is InChI=1S/C19H21N5O/c1-13-5-4-10-24(11-13)18-16(20)19(23-12-22-18)25-15-8-2-6-14-7-3-9-21-17(14)15/h2-3,6-9,12-13H,4-5,10-11,20H2,1H3/t13-/m1/s1. The van der Waals surface area contributed by atoms with Gasteiger partial charge in [-0.25, -0.2) is 4.98 Å². The number of pyridine rings is 1. The van der Waals surface area contributed by atoms with Crippen LogP contribution in [0.4, 0.5) is 11.5 Å². The van der Waals surface area contributed by atoms with Gasteiger partial charge in [-0.1, -0.05) is 25.1 Å². The zero-order valence-corrected chi connectivity index (χ0v) is 14.2. The zero-order valence-electron chi connectivity index (χ0n) is 14.2. The lowest BCUT2D eigenvalue weighted by molar-refractivity contribution is 0.441. The summed E-state index contributed by atoms with van der Waals surface area (Å²) in [6.07, 6.45) is 5.65. The Kier molecular flexibility index (Phi) is 4.09. The average Bonchev–Trinajstić information content (AvgIpc) is 2.64. The van der Waals surface area contributed by atoms with Crippen LogP contribution in [0.1, 0.15) is 19.8 Å². The molecule has 1 saturated heterocycles. The lowest BCUT2D eigenvalue weighted by atomic mass is 10.0. The first-order valence-electron chi connectivity index (χ1n) is 8.59. The average molecular weight is 335 g/mol. The minimum atomic E-state index is 0.376. The second kappa shape index (κ2) is 6.55. The highest BCUT2D eigenvalue weighted by Crippen LogP contribution is 2.35. The molecule has 3 heterocycles. The molecular formula is C19H21N5O. The minimum Gasteiger partial charge on any atom is -0.435 e. The van der Waals surface area contributed by atoms with Crippen LogP contribution in [0.5, 0.6) is 11.6 Å². The molecule has 6 heteroatoms. The van der Waals surface area contributed by atoms with Crippen molar-refractivity contribution < 1.29 is 4.74 Å². The van der Waals surface area contributed by atoms with Crippen LogP contribution in [-0.2, 0) is 0 Å². The Morgan fingerprint density at radius 3 is 2.92 bits per heavy atom. The quantitative estimate of drug-likeness (QED) is 0.787. The normalized spacial score (nSPS) is 17.6. The summed E-state index contributed by atoms with van der Waals surface area (Å²) in [5.41, 5.74) is 7.60. The molecule has 0 aliphatic carbocycles. The predicted octanol–water partition coefficient (Wildman–Crippen LogP) is 3.64. The Morgan fingerprint density at radius 1 is 1.16 bits per heavy atom. The van der Waals surface area contributed by atoms with Gasteiger partial charge in [0, 0.05) is 24.7 Å². The van der Waals surface area contributed by atoms with Crippen molar-refractivity contribution in [3.05, 3.63) is 42.9 Å². The number of para-hydroxylation sites is 1. The Hall–Kier alpha value is -2.89. The first kappa shape index (κ1) is 15.6. The molecule has 1 aliphatic rings. The van der Waals surface area contributed by atoms with Crippen LogP contribution >= 0.6 is 0 Å². The van der Waals surface area contributed by atoms with Crippen LogP contribution < -0.4 is 15.4 Å². The van der Waals surface area contributed by atoms with Crippen LogP contribution in [0.3, 0.4) is 0 Å². The maximum Gasteiger partial charge on any atom is 0.248 e. The molecule has 6 nitrogen and oxygen atoms in total. The van der Waals surface area contributed by atoms with Crippen molar-refractivity contribution >= 4 is 22.4 Å². The summed E-state index contributed by atoms with van der Waals surface area (Å²) in [6.45, 7) is 4.17. The molecule has 3 aromatic rings. The van der Waals surface area contributed by atoms with Gasteiger partial charge in [-0.2, -0.15) is 4.98 Å². The summed E-state index contributed by atoms with van der Waals surface area (Å²) in [5, 5.41) is 1.01. The molecule has 1 atom stereocenters. The van der Waals surface area contributed by atoms with Crippen molar-refractivity contribution in [3.8, 4) is 11.6 Å². The van der Waals surface area contributed by atoms with E-state index in [0.717, 1.165) is 36.2 Å². The highest BCUT2D eigenvalue weighted by atomic mass is 16.5. The van der Waals surface area contributed by atoms with E-state index in [9.17, 15) is 0 Å². The second-order valence-corrected chi connectivity index (χ2v) is 6.54. The largest absolute Gasteiger partial charge is 0.435 e. The molecule has 1 fully saturated rings. The lowest BCUT2D eigenvalue weighted by Crippen LogP contribution is -2.35. The monoisotopic (exact) mass is 335 g/mol. The SMILES string of the molecule is C[C@@H]1CCCN(c2ncnc(Oc3cccc4cccnc34)c2N)C1. The highest BCUT2D eigenvalue weighted by molar-refractivity contribution is 5.84. The van der Waals surface area contributed by atoms with E-state index in [1.165, 1.54) is 12.7 Å². The Morgan fingerprint density at radius 2 is 2.04 bits per heavy atom. The number of hydrogen-bond acceptors (Lipinski definition) is 6.